The van der Waals surface area contributed by atoms with Crippen LogP contribution in [-0.4, -0.2) is 10.8 Å². The zero-order chi connectivity index (χ0) is 13.2. The van der Waals surface area contributed by atoms with Gasteiger partial charge in [-0.2, -0.15) is 0 Å². The van der Waals surface area contributed by atoms with Crippen LogP contribution in [0.1, 0.15) is 17.3 Å². The molecule has 2 heteroatoms. The largest absolute Gasteiger partial charge is 0.295 e. The van der Waals surface area contributed by atoms with E-state index in [0.29, 0.717) is 0 Å². The average molecular weight is 247 g/mol. The number of rotatable bonds is 2. The summed E-state index contributed by atoms with van der Waals surface area (Å²) in [6, 6.07) is 19.7. The molecule has 2 aromatic carbocycles. The standard InChI is InChI=1S/C17H13NO/c1-12(19)13-6-8-15(9-7-13)17-11-10-14-4-2-3-5-16(14)18-17/h2-11H,1H3. The number of aromatic nitrogens is 1. The van der Waals surface area contributed by atoms with Gasteiger partial charge in [0.2, 0.25) is 0 Å². The lowest BCUT2D eigenvalue weighted by molar-refractivity contribution is 0.101. The van der Waals surface area contributed by atoms with Crippen LogP contribution < -0.4 is 0 Å². The molecule has 0 N–H and O–H groups in total. The van der Waals surface area contributed by atoms with Crippen LogP contribution in [-0.2, 0) is 0 Å². The van der Waals surface area contributed by atoms with Crippen molar-refractivity contribution in [3.63, 3.8) is 0 Å². The lowest BCUT2D eigenvalue weighted by Crippen LogP contribution is -1.91. The Kier molecular flexibility index (Phi) is 2.84. The molecule has 0 aliphatic rings. The van der Waals surface area contributed by atoms with Crippen LogP contribution in [0.15, 0.2) is 60.7 Å². The van der Waals surface area contributed by atoms with Gasteiger partial charge in [-0.3, -0.25) is 4.79 Å². The lowest BCUT2D eigenvalue weighted by atomic mass is 10.1. The first-order chi connectivity index (χ1) is 9.24. The Morgan fingerprint density at radius 2 is 1.63 bits per heavy atom. The van der Waals surface area contributed by atoms with E-state index in [1.807, 2.05) is 54.6 Å². The Labute approximate surface area is 111 Å². The molecule has 0 amide bonds. The number of hydrogen-bond donors (Lipinski definition) is 0. The molecule has 1 heterocycles. The lowest BCUT2D eigenvalue weighted by Gasteiger charge is -2.04. The van der Waals surface area contributed by atoms with Crippen LogP contribution >= 0.6 is 0 Å². The number of ketones is 1. The van der Waals surface area contributed by atoms with E-state index < -0.39 is 0 Å². The van der Waals surface area contributed by atoms with Crippen molar-refractivity contribution in [2.45, 2.75) is 6.92 Å². The zero-order valence-corrected chi connectivity index (χ0v) is 10.6. The van der Waals surface area contributed by atoms with Crippen molar-refractivity contribution in [2.75, 3.05) is 0 Å². The van der Waals surface area contributed by atoms with E-state index in [4.69, 9.17) is 0 Å². The quantitative estimate of drug-likeness (QED) is 0.638. The fraction of sp³-hybridized carbons (Fsp3) is 0.0588. The van der Waals surface area contributed by atoms with E-state index in [9.17, 15) is 4.79 Å². The highest BCUT2D eigenvalue weighted by Crippen LogP contribution is 2.21. The smallest absolute Gasteiger partial charge is 0.159 e. The van der Waals surface area contributed by atoms with Gasteiger partial charge in [-0.25, -0.2) is 4.98 Å². The maximum atomic E-state index is 11.3. The molecular formula is C17H13NO. The van der Waals surface area contributed by atoms with Gasteiger partial charge < -0.3 is 0 Å². The summed E-state index contributed by atoms with van der Waals surface area (Å²) in [6.07, 6.45) is 0. The molecule has 3 rings (SSSR count). The molecular weight excluding hydrogens is 234 g/mol. The second kappa shape index (κ2) is 4.65. The number of carbonyl (C=O) groups excluding carboxylic acids is 1. The fourth-order valence-electron chi connectivity index (χ4n) is 2.10. The summed E-state index contributed by atoms with van der Waals surface area (Å²) in [5.74, 6) is 0.0815. The Morgan fingerprint density at radius 3 is 2.37 bits per heavy atom. The number of hydrogen-bond acceptors (Lipinski definition) is 2. The molecule has 0 aliphatic carbocycles. The highest BCUT2D eigenvalue weighted by atomic mass is 16.1. The summed E-state index contributed by atoms with van der Waals surface area (Å²) in [6.45, 7) is 1.57. The van der Waals surface area contributed by atoms with Crippen molar-refractivity contribution < 1.29 is 4.79 Å². The Balaban J connectivity index is 2.06. The maximum absolute atomic E-state index is 11.3. The van der Waals surface area contributed by atoms with E-state index in [2.05, 4.69) is 11.1 Å². The monoisotopic (exact) mass is 247 g/mol. The summed E-state index contributed by atoms with van der Waals surface area (Å²) in [7, 11) is 0. The Bertz CT molecular complexity index is 745. The first kappa shape index (κ1) is 11.6. The molecule has 0 fully saturated rings. The molecule has 0 radical (unpaired) electrons. The van der Waals surface area contributed by atoms with Gasteiger partial charge in [-0.1, -0.05) is 48.5 Å². The molecule has 0 atom stereocenters. The van der Waals surface area contributed by atoms with Gasteiger partial charge in [0.1, 0.15) is 0 Å². The number of benzene rings is 2. The van der Waals surface area contributed by atoms with E-state index in [1.54, 1.807) is 6.92 Å². The molecule has 0 saturated heterocycles. The summed E-state index contributed by atoms with van der Waals surface area (Å²) >= 11 is 0. The Hall–Kier alpha value is -2.48. The third kappa shape index (κ3) is 2.25. The van der Waals surface area contributed by atoms with Gasteiger partial charge in [0.05, 0.1) is 11.2 Å². The van der Waals surface area contributed by atoms with Crippen LogP contribution in [0.25, 0.3) is 22.2 Å². The van der Waals surface area contributed by atoms with Gasteiger partial charge in [0.25, 0.3) is 0 Å². The van der Waals surface area contributed by atoms with E-state index >= 15 is 0 Å². The second-order valence-corrected chi connectivity index (χ2v) is 4.52. The number of nitrogens with zero attached hydrogens (tertiary/aromatic N) is 1. The highest BCUT2D eigenvalue weighted by Gasteiger charge is 2.03. The van der Waals surface area contributed by atoms with Crippen LogP contribution in [0.3, 0.4) is 0 Å². The van der Waals surface area contributed by atoms with Crippen LogP contribution in [0, 0.1) is 0 Å². The molecule has 0 saturated carbocycles. The van der Waals surface area contributed by atoms with E-state index in [0.717, 1.165) is 27.7 Å². The van der Waals surface area contributed by atoms with Crippen LogP contribution in [0.4, 0.5) is 0 Å². The molecule has 0 unspecified atom stereocenters. The first-order valence-electron chi connectivity index (χ1n) is 6.21. The van der Waals surface area contributed by atoms with Gasteiger partial charge >= 0.3 is 0 Å². The third-order valence-electron chi connectivity index (χ3n) is 3.19. The van der Waals surface area contributed by atoms with Gasteiger partial charge in [-0.15, -0.1) is 0 Å². The number of carbonyl (C=O) groups is 1. The third-order valence-corrected chi connectivity index (χ3v) is 3.19. The first-order valence-corrected chi connectivity index (χ1v) is 6.21. The molecule has 0 bridgehead atoms. The zero-order valence-electron chi connectivity index (χ0n) is 10.6. The van der Waals surface area contributed by atoms with Crippen molar-refractivity contribution in [1.82, 2.24) is 4.98 Å². The normalized spacial score (nSPS) is 10.6. The van der Waals surface area contributed by atoms with Crippen molar-refractivity contribution in [3.8, 4) is 11.3 Å². The van der Waals surface area contributed by atoms with Gasteiger partial charge in [0, 0.05) is 16.5 Å². The molecule has 2 nitrogen and oxygen atoms in total. The Morgan fingerprint density at radius 1 is 0.895 bits per heavy atom. The number of Topliss-reactive ketones (excluding diaryl/α,β-unsaturated/α-hetero) is 1. The molecule has 1 aromatic heterocycles. The predicted molar refractivity (Wildman–Crippen MR) is 77.2 cm³/mol. The SMILES string of the molecule is CC(=O)c1ccc(-c2ccc3ccccc3n2)cc1. The van der Waals surface area contributed by atoms with Crippen molar-refractivity contribution in [2.24, 2.45) is 0 Å². The van der Waals surface area contributed by atoms with Crippen molar-refractivity contribution >= 4 is 16.7 Å². The summed E-state index contributed by atoms with van der Waals surface area (Å²) in [5, 5.41) is 1.13. The molecule has 3 aromatic rings. The minimum atomic E-state index is 0.0815. The average Bonchev–Trinajstić information content (AvgIpc) is 2.47. The van der Waals surface area contributed by atoms with Gasteiger partial charge in [-0.05, 0) is 19.1 Å². The van der Waals surface area contributed by atoms with Crippen molar-refractivity contribution in [3.05, 3.63) is 66.2 Å². The minimum absolute atomic E-state index is 0.0815. The molecule has 0 spiro atoms. The predicted octanol–water partition coefficient (Wildman–Crippen LogP) is 4.10. The van der Waals surface area contributed by atoms with Crippen molar-refractivity contribution in [1.29, 1.82) is 0 Å². The summed E-state index contributed by atoms with van der Waals surface area (Å²) in [4.78, 5) is 15.9. The fourth-order valence-corrected chi connectivity index (χ4v) is 2.10. The number of pyridine rings is 1. The maximum Gasteiger partial charge on any atom is 0.159 e. The highest BCUT2D eigenvalue weighted by molar-refractivity contribution is 5.94. The topological polar surface area (TPSA) is 30.0 Å². The number of fused-ring (bicyclic) bond motifs is 1. The molecule has 19 heavy (non-hydrogen) atoms. The number of para-hydroxylation sites is 1. The van der Waals surface area contributed by atoms with E-state index in [-0.39, 0.29) is 5.78 Å². The van der Waals surface area contributed by atoms with Crippen LogP contribution in [0.5, 0.6) is 0 Å². The van der Waals surface area contributed by atoms with Crippen LogP contribution in [0.2, 0.25) is 0 Å². The molecule has 0 aliphatic heterocycles. The second-order valence-electron chi connectivity index (χ2n) is 4.52. The minimum Gasteiger partial charge on any atom is -0.295 e. The summed E-state index contributed by atoms with van der Waals surface area (Å²) < 4.78 is 0. The van der Waals surface area contributed by atoms with Gasteiger partial charge in [0.15, 0.2) is 5.78 Å². The molecule has 92 valence electrons. The van der Waals surface area contributed by atoms with E-state index in [1.165, 1.54) is 0 Å². The summed E-state index contributed by atoms with van der Waals surface area (Å²) in [5.41, 5.74) is 3.66.